The van der Waals surface area contributed by atoms with Crippen LogP contribution in [0.2, 0.25) is 0 Å². The van der Waals surface area contributed by atoms with Crippen molar-refractivity contribution in [1.29, 1.82) is 0 Å². The number of rotatable bonds is 4. The number of benzene rings is 1. The summed E-state index contributed by atoms with van der Waals surface area (Å²) in [6.45, 7) is 1.90. The molecule has 8 nitrogen and oxygen atoms in total. The van der Waals surface area contributed by atoms with Crippen LogP contribution in [0.25, 0.3) is 0 Å². The highest BCUT2D eigenvalue weighted by molar-refractivity contribution is 5.95. The van der Waals surface area contributed by atoms with Gasteiger partial charge in [-0.05, 0) is 24.3 Å². The zero-order chi connectivity index (χ0) is 19.2. The molecule has 3 rings (SSSR count). The molecule has 1 aromatic heterocycles. The number of nitrogens with one attached hydrogen (secondary N) is 2. The lowest BCUT2D eigenvalue weighted by molar-refractivity contribution is -0.115. The lowest BCUT2D eigenvalue weighted by Gasteiger charge is -2.34. The normalized spacial score (nSPS) is 17.7. The van der Waals surface area contributed by atoms with Crippen molar-refractivity contribution in [3.8, 4) is 0 Å². The largest absolute Gasteiger partial charge is 0.370 e. The molecule has 0 bridgehead atoms. The van der Waals surface area contributed by atoms with Crippen LogP contribution in [0.3, 0.4) is 0 Å². The number of aryl methyl sites for hydroxylation is 1. The van der Waals surface area contributed by atoms with Gasteiger partial charge in [-0.3, -0.25) is 14.5 Å². The van der Waals surface area contributed by atoms with E-state index in [0.717, 1.165) is 5.56 Å². The van der Waals surface area contributed by atoms with Gasteiger partial charge in [0.1, 0.15) is 11.9 Å². The van der Waals surface area contributed by atoms with E-state index in [0.29, 0.717) is 31.3 Å². The zero-order valence-corrected chi connectivity index (χ0v) is 15.4. The third-order valence-corrected chi connectivity index (χ3v) is 4.21. The minimum Gasteiger partial charge on any atom is -0.370 e. The Balaban J connectivity index is 1.53. The summed E-state index contributed by atoms with van der Waals surface area (Å²) in [6.07, 6.45) is 3.63. The Hall–Kier alpha value is -2.94. The average molecular weight is 374 g/mol. The number of guanidine groups is 1. The maximum absolute atomic E-state index is 12.9. The van der Waals surface area contributed by atoms with Crippen molar-refractivity contribution in [2.24, 2.45) is 12.0 Å². The third kappa shape index (κ3) is 5.04. The van der Waals surface area contributed by atoms with Gasteiger partial charge in [0.2, 0.25) is 5.91 Å². The van der Waals surface area contributed by atoms with E-state index in [4.69, 9.17) is 4.74 Å². The molecule has 1 aromatic carbocycles. The summed E-state index contributed by atoms with van der Waals surface area (Å²) in [4.78, 5) is 18.4. The number of aliphatic imine (C=N–C) groups is 1. The van der Waals surface area contributed by atoms with E-state index in [9.17, 15) is 9.18 Å². The lowest BCUT2D eigenvalue weighted by atomic mass is 10.1. The number of carbonyl (C=O) groups is 1. The molecule has 0 aliphatic carbocycles. The molecule has 1 aliphatic rings. The second kappa shape index (κ2) is 8.63. The summed E-state index contributed by atoms with van der Waals surface area (Å²) in [5.41, 5.74) is 1.55. The predicted octanol–water partition coefficient (Wildman–Crippen LogP) is 1.15. The number of halogens is 1. The van der Waals surface area contributed by atoms with Crippen LogP contribution in [-0.4, -0.2) is 59.8 Å². The summed E-state index contributed by atoms with van der Waals surface area (Å²) in [7, 11) is 3.54. The number of nitrogens with zero attached hydrogens (tertiary/aromatic N) is 4. The van der Waals surface area contributed by atoms with Gasteiger partial charge in [0.05, 0.1) is 25.9 Å². The molecule has 1 atom stereocenters. The summed E-state index contributed by atoms with van der Waals surface area (Å²) >= 11 is 0. The first kappa shape index (κ1) is 18.8. The molecule has 0 saturated carbocycles. The standard InChI is InChI=1S/C18H23FN6O2/c1-20-18(21-10-17(26)23-15-5-3-14(19)4-6-15)25-7-8-27-16(12-25)13-9-22-24(2)11-13/h3-6,9,11,16H,7-8,10,12H2,1-2H3,(H,20,21)(H,23,26). The number of hydrogen-bond acceptors (Lipinski definition) is 4. The van der Waals surface area contributed by atoms with Crippen LogP contribution in [0.5, 0.6) is 0 Å². The number of hydrogen-bond donors (Lipinski definition) is 2. The van der Waals surface area contributed by atoms with Crippen LogP contribution in [0, 0.1) is 5.82 Å². The van der Waals surface area contributed by atoms with Gasteiger partial charge in [-0.15, -0.1) is 0 Å². The van der Waals surface area contributed by atoms with E-state index in [2.05, 4.69) is 20.7 Å². The van der Waals surface area contributed by atoms with Crippen molar-refractivity contribution in [3.05, 3.63) is 48.0 Å². The van der Waals surface area contributed by atoms with Crippen molar-refractivity contribution in [2.75, 3.05) is 38.6 Å². The highest BCUT2D eigenvalue weighted by atomic mass is 19.1. The molecule has 0 radical (unpaired) electrons. The summed E-state index contributed by atoms with van der Waals surface area (Å²) in [6, 6.07) is 5.63. The summed E-state index contributed by atoms with van der Waals surface area (Å²) in [5, 5.41) is 9.96. The van der Waals surface area contributed by atoms with Gasteiger partial charge in [-0.2, -0.15) is 5.10 Å². The number of amides is 1. The SMILES string of the molecule is CN=C(NCC(=O)Nc1ccc(F)cc1)N1CCOC(c2cnn(C)c2)C1. The van der Waals surface area contributed by atoms with E-state index < -0.39 is 0 Å². The molecule has 144 valence electrons. The first-order valence-electron chi connectivity index (χ1n) is 8.66. The molecule has 0 spiro atoms. The maximum Gasteiger partial charge on any atom is 0.243 e. The molecular weight excluding hydrogens is 351 g/mol. The molecule has 27 heavy (non-hydrogen) atoms. The Labute approximate surface area is 157 Å². The maximum atomic E-state index is 12.9. The number of ether oxygens (including phenoxy) is 1. The molecule has 1 saturated heterocycles. The second-order valence-corrected chi connectivity index (χ2v) is 6.21. The second-order valence-electron chi connectivity index (χ2n) is 6.21. The van der Waals surface area contributed by atoms with Crippen LogP contribution >= 0.6 is 0 Å². The fraction of sp³-hybridized carbons (Fsp3) is 0.389. The highest BCUT2D eigenvalue weighted by Crippen LogP contribution is 2.21. The first-order valence-corrected chi connectivity index (χ1v) is 8.66. The van der Waals surface area contributed by atoms with Gasteiger partial charge >= 0.3 is 0 Å². The molecule has 1 amide bonds. The predicted molar refractivity (Wildman–Crippen MR) is 99.9 cm³/mol. The van der Waals surface area contributed by atoms with Gasteiger partial charge in [-0.25, -0.2) is 4.39 Å². The lowest BCUT2D eigenvalue weighted by Crippen LogP contribution is -2.49. The third-order valence-electron chi connectivity index (χ3n) is 4.21. The van der Waals surface area contributed by atoms with Gasteiger partial charge < -0.3 is 20.3 Å². The molecular formula is C18H23FN6O2. The van der Waals surface area contributed by atoms with E-state index in [-0.39, 0.29) is 24.4 Å². The minimum absolute atomic E-state index is 0.0545. The topological polar surface area (TPSA) is 83.8 Å². The van der Waals surface area contributed by atoms with Crippen LogP contribution in [-0.2, 0) is 16.6 Å². The first-order chi connectivity index (χ1) is 13.0. The quantitative estimate of drug-likeness (QED) is 0.620. The Kier molecular flexibility index (Phi) is 6.02. The van der Waals surface area contributed by atoms with Crippen LogP contribution in [0.1, 0.15) is 11.7 Å². The van der Waals surface area contributed by atoms with Crippen LogP contribution in [0.4, 0.5) is 10.1 Å². The van der Waals surface area contributed by atoms with E-state index >= 15 is 0 Å². The summed E-state index contributed by atoms with van der Waals surface area (Å²) < 4.78 is 20.5. The Morgan fingerprint density at radius 3 is 2.85 bits per heavy atom. The van der Waals surface area contributed by atoms with E-state index in [1.54, 1.807) is 17.9 Å². The molecule has 1 aliphatic heterocycles. The monoisotopic (exact) mass is 374 g/mol. The number of carbonyl (C=O) groups excluding carboxylic acids is 1. The van der Waals surface area contributed by atoms with Crippen molar-refractivity contribution < 1.29 is 13.9 Å². The van der Waals surface area contributed by atoms with Gasteiger partial charge in [-0.1, -0.05) is 0 Å². The van der Waals surface area contributed by atoms with Gasteiger partial charge in [0.25, 0.3) is 0 Å². The Bertz CT molecular complexity index is 804. The molecule has 1 fully saturated rings. The number of aromatic nitrogens is 2. The minimum atomic E-state index is -0.345. The smallest absolute Gasteiger partial charge is 0.243 e. The molecule has 2 N–H and O–H groups in total. The van der Waals surface area contributed by atoms with Crippen LogP contribution < -0.4 is 10.6 Å². The summed E-state index contributed by atoms with van der Waals surface area (Å²) in [5.74, 6) is 0.0447. The zero-order valence-electron chi connectivity index (χ0n) is 15.4. The molecule has 1 unspecified atom stereocenters. The van der Waals surface area contributed by atoms with Crippen LogP contribution in [0.15, 0.2) is 41.7 Å². The number of morpholine rings is 1. The fourth-order valence-corrected chi connectivity index (χ4v) is 2.88. The van der Waals surface area contributed by atoms with Crippen molar-refractivity contribution in [3.63, 3.8) is 0 Å². The van der Waals surface area contributed by atoms with Crippen molar-refractivity contribution in [2.45, 2.75) is 6.10 Å². The van der Waals surface area contributed by atoms with Gasteiger partial charge in [0, 0.05) is 38.1 Å². The fourth-order valence-electron chi connectivity index (χ4n) is 2.88. The van der Waals surface area contributed by atoms with E-state index in [1.165, 1.54) is 24.3 Å². The Morgan fingerprint density at radius 2 is 2.19 bits per heavy atom. The van der Waals surface area contributed by atoms with Crippen molar-refractivity contribution >= 4 is 17.6 Å². The average Bonchev–Trinajstić information content (AvgIpc) is 3.11. The molecule has 9 heteroatoms. The Morgan fingerprint density at radius 1 is 1.41 bits per heavy atom. The van der Waals surface area contributed by atoms with E-state index in [1.807, 2.05) is 18.1 Å². The number of anilines is 1. The highest BCUT2D eigenvalue weighted by Gasteiger charge is 2.25. The van der Waals surface area contributed by atoms with Crippen molar-refractivity contribution in [1.82, 2.24) is 20.0 Å². The molecule has 2 heterocycles. The molecule has 2 aromatic rings. The van der Waals surface area contributed by atoms with Gasteiger partial charge in [0.15, 0.2) is 5.96 Å².